The summed E-state index contributed by atoms with van der Waals surface area (Å²) in [6, 6.07) is 1.73. The van der Waals surface area contributed by atoms with Crippen molar-refractivity contribution in [2.45, 2.75) is 31.8 Å². The van der Waals surface area contributed by atoms with Crippen LogP contribution in [-0.4, -0.2) is 39.8 Å². The normalized spacial score (nSPS) is 25.2. The van der Waals surface area contributed by atoms with Crippen LogP contribution in [0.3, 0.4) is 0 Å². The van der Waals surface area contributed by atoms with Gasteiger partial charge in [-0.2, -0.15) is 0 Å². The van der Waals surface area contributed by atoms with Crippen LogP contribution < -0.4 is 10.6 Å². The standard InChI is InChI=1S/C13H20N4O2/c1-13(18)4-2-7-17(8-5-13)11-9-15-6-3-10(11)12(14)16-19/h3,6,9,18-19H,2,4-5,7-8H2,1H3,(H2,14,16). The molecule has 1 atom stereocenters. The van der Waals surface area contributed by atoms with E-state index in [1.54, 1.807) is 18.5 Å². The summed E-state index contributed by atoms with van der Waals surface area (Å²) in [5.41, 5.74) is 6.58. The van der Waals surface area contributed by atoms with E-state index in [-0.39, 0.29) is 5.84 Å². The Hall–Kier alpha value is -1.82. The molecule has 4 N–H and O–H groups in total. The van der Waals surface area contributed by atoms with Crippen LogP contribution in [0, 0.1) is 0 Å². The van der Waals surface area contributed by atoms with E-state index in [4.69, 9.17) is 10.9 Å². The maximum atomic E-state index is 10.1. The highest BCUT2D eigenvalue weighted by atomic mass is 16.4. The van der Waals surface area contributed by atoms with Crippen LogP contribution in [0.25, 0.3) is 0 Å². The maximum absolute atomic E-state index is 10.1. The van der Waals surface area contributed by atoms with E-state index in [0.717, 1.165) is 31.6 Å². The zero-order valence-electron chi connectivity index (χ0n) is 11.1. The molecule has 0 aromatic carbocycles. The number of aliphatic hydroxyl groups is 1. The van der Waals surface area contributed by atoms with Gasteiger partial charge < -0.3 is 20.9 Å². The van der Waals surface area contributed by atoms with Gasteiger partial charge in [0.2, 0.25) is 0 Å². The predicted octanol–water partition coefficient (Wildman–Crippen LogP) is 0.917. The van der Waals surface area contributed by atoms with Crippen LogP contribution in [0.4, 0.5) is 5.69 Å². The summed E-state index contributed by atoms with van der Waals surface area (Å²) in [6.07, 6.45) is 5.70. The number of rotatable bonds is 2. The Morgan fingerprint density at radius 1 is 1.47 bits per heavy atom. The van der Waals surface area contributed by atoms with Crippen LogP contribution in [0.5, 0.6) is 0 Å². The van der Waals surface area contributed by atoms with Gasteiger partial charge in [0.15, 0.2) is 5.84 Å². The molecule has 0 radical (unpaired) electrons. The van der Waals surface area contributed by atoms with Crippen molar-refractivity contribution in [2.24, 2.45) is 10.9 Å². The molecule has 0 spiro atoms. The molecule has 0 aliphatic carbocycles. The van der Waals surface area contributed by atoms with E-state index in [1.807, 2.05) is 6.92 Å². The fraction of sp³-hybridized carbons (Fsp3) is 0.538. The zero-order valence-corrected chi connectivity index (χ0v) is 11.1. The van der Waals surface area contributed by atoms with Crippen molar-refractivity contribution in [3.63, 3.8) is 0 Å². The van der Waals surface area contributed by atoms with Gasteiger partial charge in [-0.05, 0) is 32.3 Å². The molecule has 1 saturated heterocycles. The molecule has 1 aromatic heterocycles. The Labute approximate surface area is 112 Å². The van der Waals surface area contributed by atoms with Gasteiger partial charge in [-0.15, -0.1) is 0 Å². The first-order valence-corrected chi connectivity index (χ1v) is 6.43. The maximum Gasteiger partial charge on any atom is 0.172 e. The molecule has 0 amide bonds. The lowest BCUT2D eigenvalue weighted by atomic mass is 9.98. The molecule has 1 aromatic rings. The molecule has 2 rings (SSSR count). The molecule has 6 nitrogen and oxygen atoms in total. The molecule has 0 bridgehead atoms. The number of nitrogens with two attached hydrogens (primary N) is 1. The van der Waals surface area contributed by atoms with Crippen molar-refractivity contribution in [1.82, 2.24) is 4.98 Å². The molecule has 1 aliphatic heterocycles. The number of hydrogen-bond donors (Lipinski definition) is 3. The Bertz CT molecular complexity index is 473. The highest BCUT2D eigenvalue weighted by molar-refractivity contribution is 6.02. The summed E-state index contributed by atoms with van der Waals surface area (Å²) in [6.45, 7) is 3.42. The van der Waals surface area contributed by atoms with Gasteiger partial charge in [0.05, 0.1) is 17.5 Å². The molecule has 104 valence electrons. The summed E-state index contributed by atoms with van der Waals surface area (Å²) >= 11 is 0. The smallest absolute Gasteiger partial charge is 0.172 e. The molecule has 2 heterocycles. The van der Waals surface area contributed by atoms with E-state index in [9.17, 15) is 5.11 Å². The second-order valence-electron chi connectivity index (χ2n) is 5.22. The molecular formula is C13H20N4O2. The van der Waals surface area contributed by atoms with E-state index in [0.29, 0.717) is 12.0 Å². The van der Waals surface area contributed by atoms with Gasteiger partial charge in [0, 0.05) is 24.8 Å². The number of amidine groups is 1. The summed E-state index contributed by atoms with van der Waals surface area (Å²) in [7, 11) is 0. The third kappa shape index (κ3) is 3.14. The van der Waals surface area contributed by atoms with E-state index >= 15 is 0 Å². The Morgan fingerprint density at radius 3 is 3.00 bits per heavy atom. The van der Waals surface area contributed by atoms with Crippen molar-refractivity contribution in [3.8, 4) is 0 Å². The van der Waals surface area contributed by atoms with Gasteiger partial charge in [0.1, 0.15) is 0 Å². The third-order valence-electron chi connectivity index (χ3n) is 3.59. The molecule has 19 heavy (non-hydrogen) atoms. The molecule has 6 heteroatoms. The minimum atomic E-state index is -0.617. The van der Waals surface area contributed by atoms with Crippen molar-refractivity contribution in [3.05, 3.63) is 24.0 Å². The Morgan fingerprint density at radius 2 is 2.26 bits per heavy atom. The number of nitrogens with zero attached hydrogens (tertiary/aromatic N) is 3. The van der Waals surface area contributed by atoms with Crippen molar-refractivity contribution < 1.29 is 10.3 Å². The van der Waals surface area contributed by atoms with Crippen LogP contribution in [-0.2, 0) is 0 Å². The monoisotopic (exact) mass is 264 g/mol. The fourth-order valence-electron chi connectivity index (χ4n) is 2.41. The summed E-state index contributed by atoms with van der Waals surface area (Å²) in [5.74, 6) is 0.0772. The molecule has 1 fully saturated rings. The van der Waals surface area contributed by atoms with Crippen molar-refractivity contribution in [2.75, 3.05) is 18.0 Å². The lowest BCUT2D eigenvalue weighted by Crippen LogP contribution is -2.30. The van der Waals surface area contributed by atoms with Gasteiger partial charge in [0.25, 0.3) is 0 Å². The topological polar surface area (TPSA) is 95.0 Å². The van der Waals surface area contributed by atoms with E-state index in [1.165, 1.54) is 0 Å². The molecular weight excluding hydrogens is 244 g/mol. The first-order valence-electron chi connectivity index (χ1n) is 6.43. The highest BCUT2D eigenvalue weighted by Crippen LogP contribution is 2.26. The predicted molar refractivity (Wildman–Crippen MR) is 73.4 cm³/mol. The SMILES string of the molecule is CC1(O)CCCN(c2cnccc2/C(N)=N/O)CC1. The first kappa shape index (κ1) is 13.6. The second-order valence-corrected chi connectivity index (χ2v) is 5.22. The zero-order chi connectivity index (χ0) is 13.9. The van der Waals surface area contributed by atoms with Crippen molar-refractivity contribution in [1.29, 1.82) is 0 Å². The van der Waals surface area contributed by atoms with Gasteiger partial charge in [-0.25, -0.2) is 0 Å². The quantitative estimate of drug-likeness (QED) is 0.319. The molecule has 1 unspecified atom stereocenters. The summed E-state index contributed by atoms with van der Waals surface area (Å²) in [4.78, 5) is 6.23. The first-order chi connectivity index (χ1) is 9.03. The van der Waals surface area contributed by atoms with Crippen LogP contribution in [0.1, 0.15) is 31.7 Å². The molecule has 1 aliphatic rings. The number of oxime groups is 1. The van der Waals surface area contributed by atoms with Gasteiger partial charge in [-0.1, -0.05) is 5.16 Å². The van der Waals surface area contributed by atoms with Gasteiger partial charge in [-0.3, -0.25) is 4.98 Å². The Balaban J connectivity index is 2.27. The van der Waals surface area contributed by atoms with Crippen LogP contribution >= 0.6 is 0 Å². The highest BCUT2D eigenvalue weighted by Gasteiger charge is 2.26. The Kier molecular flexibility index (Phi) is 3.90. The van der Waals surface area contributed by atoms with E-state index < -0.39 is 5.60 Å². The fourth-order valence-corrected chi connectivity index (χ4v) is 2.41. The lowest BCUT2D eigenvalue weighted by Gasteiger charge is -2.25. The van der Waals surface area contributed by atoms with Crippen LogP contribution in [0.2, 0.25) is 0 Å². The molecule has 0 saturated carbocycles. The average molecular weight is 264 g/mol. The van der Waals surface area contributed by atoms with Crippen LogP contribution in [0.15, 0.2) is 23.6 Å². The average Bonchev–Trinajstić information content (AvgIpc) is 2.59. The lowest BCUT2D eigenvalue weighted by molar-refractivity contribution is 0.0481. The van der Waals surface area contributed by atoms with E-state index in [2.05, 4.69) is 15.0 Å². The largest absolute Gasteiger partial charge is 0.409 e. The summed E-state index contributed by atoms with van der Waals surface area (Å²) < 4.78 is 0. The minimum Gasteiger partial charge on any atom is -0.409 e. The summed E-state index contributed by atoms with van der Waals surface area (Å²) in [5, 5.41) is 22.0. The third-order valence-corrected chi connectivity index (χ3v) is 3.59. The number of aromatic nitrogens is 1. The van der Waals surface area contributed by atoms with Crippen molar-refractivity contribution >= 4 is 11.5 Å². The number of anilines is 1. The number of hydrogen-bond acceptors (Lipinski definition) is 5. The minimum absolute atomic E-state index is 0.0772. The van der Waals surface area contributed by atoms with Gasteiger partial charge >= 0.3 is 0 Å². The second kappa shape index (κ2) is 5.44. The number of pyridine rings is 1.